The Balaban J connectivity index is 1.93. The molecule has 0 heterocycles. The topological polar surface area (TPSA) is 26.3 Å². The molecule has 0 saturated heterocycles. The van der Waals surface area contributed by atoms with Crippen LogP contribution in [-0.4, -0.2) is 36.2 Å². The van der Waals surface area contributed by atoms with Crippen molar-refractivity contribution in [2.24, 2.45) is 0 Å². The van der Waals surface area contributed by atoms with Crippen molar-refractivity contribution < 1.29 is 9.53 Å². The smallest absolute Gasteiger partial charge is 0.343 e. The van der Waals surface area contributed by atoms with Crippen molar-refractivity contribution in [2.45, 2.75) is 113 Å². The number of carbonyl (C=O) groups is 1. The Hall–Kier alpha value is -0.100. The molecule has 3 aliphatic carbocycles. The van der Waals surface area contributed by atoms with Gasteiger partial charge >= 0.3 is 5.97 Å². The van der Waals surface area contributed by atoms with Crippen LogP contribution in [-0.2, 0) is 9.53 Å². The van der Waals surface area contributed by atoms with Crippen molar-refractivity contribution in [2.75, 3.05) is 13.3 Å². The molecule has 0 radical (unpaired) electrons. The van der Waals surface area contributed by atoms with E-state index in [0.29, 0.717) is 0 Å². The van der Waals surface area contributed by atoms with Crippen LogP contribution in [0.3, 0.4) is 0 Å². The average Bonchev–Trinajstić information content (AvgIpc) is 2.68. The zero-order valence-electron chi connectivity index (χ0n) is 15.8. The Labute approximate surface area is 149 Å². The van der Waals surface area contributed by atoms with Crippen molar-refractivity contribution in [1.82, 2.24) is 0 Å². The summed E-state index contributed by atoms with van der Waals surface area (Å²) in [6, 6.07) is 0. The molecule has 0 aliphatic heterocycles. The summed E-state index contributed by atoms with van der Waals surface area (Å²) in [6.45, 7) is 0. The van der Waals surface area contributed by atoms with Crippen LogP contribution in [0.4, 0.5) is 0 Å². The number of hydrogen-bond acceptors (Lipinski definition) is 2. The van der Waals surface area contributed by atoms with Gasteiger partial charge in [-0.25, -0.2) is 4.79 Å². The molecule has 0 amide bonds. The Morgan fingerprint density at radius 3 is 1.33 bits per heavy atom. The zero-order valence-corrected chi connectivity index (χ0v) is 16.7. The first-order valence-electron chi connectivity index (χ1n) is 10.7. The van der Waals surface area contributed by atoms with Gasteiger partial charge in [-0.15, -0.1) is 0 Å². The fourth-order valence-corrected chi connectivity index (χ4v) is 13.4. The summed E-state index contributed by atoms with van der Waals surface area (Å²) < 4.78 is 5.27. The Morgan fingerprint density at radius 1 is 0.708 bits per heavy atom. The highest BCUT2D eigenvalue weighted by atomic mass is 31.2. The van der Waals surface area contributed by atoms with Gasteiger partial charge in [-0.05, 0) is 77.0 Å². The van der Waals surface area contributed by atoms with Crippen LogP contribution in [0.2, 0.25) is 0 Å². The van der Waals surface area contributed by atoms with Crippen LogP contribution < -0.4 is 0 Å². The molecule has 3 fully saturated rings. The lowest BCUT2D eigenvalue weighted by Crippen LogP contribution is -2.39. The number of carbonyl (C=O) groups excluding carboxylic acids is 1. The van der Waals surface area contributed by atoms with Crippen LogP contribution in [0.15, 0.2) is 0 Å². The maximum Gasteiger partial charge on any atom is 0.343 e. The molecule has 2 nitrogen and oxygen atoms in total. The molecule has 138 valence electrons. The largest absolute Gasteiger partial charge is 0.466 e. The quantitative estimate of drug-likeness (QED) is 0.436. The van der Waals surface area contributed by atoms with E-state index in [-0.39, 0.29) is 5.97 Å². The third-order valence-electron chi connectivity index (χ3n) is 7.39. The lowest BCUT2D eigenvalue weighted by Gasteiger charge is -2.48. The van der Waals surface area contributed by atoms with Crippen molar-refractivity contribution >= 4 is 13.2 Å². The summed E-state index contributed by atoms with van der Waals surface area (Å²) >= 11 is 0. The fraction of sp³-hybridized carbons (Fsp3) is 0.952. The van der Waals surface area contributed by atoms with E-state index < -0.39 is 7.26 Å². The van der Waals surface area contributed by atoms with E-state index >= 15 is 0 Å². The van der Waals surface area contributed by atoms with Crippen LogP contribution in [0.5, 0.6) is 0 Å². The van der Waals surface area contributed by atoms with Crippen LogP contribution in [0.1, 0.15) is 96.3 Å². The van der Waals surface area contributed by atoms with Crippen LogP contribution in [0, 0.1) is 0 Å². The predicted molar refractivity (Wildman–Crippen MR) is 104 cm³/mol. The second-order valence-electron chi connectivity index (χ2n) is 8.60. The first-order chi connectivity index (χ1) is 11.8. The molecule has 0 aromatic rings. The second kappa shape index (κ2) is 9.02. The first kappa shape index (κ1) is 18.7. The normalized spacial score (nSPS) is 25.5. The lowest BCUT2D eigenvalue weighted by atomic mass is 9.99. The van der Waals surface area contributed by atoms with E-state index in [1.54, 1.807) is 7.11 Å². The van der Waals surface area contributed by atoms with Crippen molar-refractivity contribution in [3.63, 3.8) is 0 Å². The van der Waals surface area contributed by atoms with Gasteiger partial charge < -0.3 is 4.74 Å². The molecular weight excluding hydrogens is 315 g/mol. The van der Waals surface area contributed by atoms with E-state index in [0.717, 1.165) is 23.1 Å². The summed E-state index contributed by atoms with van der Waals surface area (Å²) in [5.74, 6) is 0.116. The van der Waals surface area contributed by atoms with Crippen LogP contribution >= 0.6 is 7.26 Å². The third kappa shape index (κ3) is 4.00. The standard InChI is InChI=1S/C21H38O2P/c1-23-21(22)17-24(18-11-5-2-6-12-18,19-13-7-3-8-14-19)20-15-9-4-10-16-20/h18-20H,2-17H2,1H3/q+1. The van der Waals surface area contributed by atoms with Gasteiger partial charge in [0.1, 0.15) is 0 Å². The number of rotatable bonds is 5. The van der Waals surface area contributed by atoms with E-state index in [1.165, 1.54) is 96.3 Å². The van der Waals surface area contributed by atoms with Crippen LogP contribution in [0.25, 0.3) is 0 Å². The molecule has 3 heteroatoms. The molecule has 0 N–H and O–H groups in total. The van der Waals surface area contributed by atoms with Gasteiger partial charge in [0.15, 0.2) is 6.16 Å². The molecule has 3 rings (SSSR count). The van der Waals surface area contributed by atoms with Crippen molar-refractivity contribution in [3.8, 4) is 0 Å². The van der Waals surface area contributed by atoms with Gasteiger partial charge in [0, 0.05) is 7.26 Å². The first-order valence-corrected chi connectivity index (χ1v) is 12.9. The number of hydrogen-bond donors (Lipinski definition) is 0. The summed E-state index contributed by atoms with van der Waals surface area (Å²) in [4.78, 5) is 12.6. The fourth-order valence-electron chi connectivity index (χ4n) is 6.26. The number of esters is 1. The van der Waals surface area contributed by atoms with E-state index in [1.807, 2.05) is 0 Å². The van der Waals surface area contributed by atoms with Gasteiger partial charge in [0.05, 0.1) is 24.1 Å². The highest BCUT2D eigenvalue weighted by molar-refractivity contribution is 7.78. The van der Waals surface area contributed by atoms with Gasteiger partial charge in [-0.2, -0.15) is 0 Å². The third-order valence-corrected chi connectivity index (χ3v) is 13.8. The molecular formula is C21H38O2P+. The zero-order chi connectivity index (χ0) is 16.8. The summed E-state index contributed by atoms with van der Waals surface area (Å²) in [6.07, 6.45) is 22.0. The molecule has 0 aromatic heterocycles. The molecule has 24 heavy (non-hydrogen) atoms. The number of ether oxygens (including phenoxy) is 1. The minimum atomic E-state index is -1.27. The Morgan fingerprint density at radius 2 is 1.04 bits per heavy atom. The summed E-state index contributed by atoms with van der Waals surface area (Å²) in [7, 11) is 0.341. The molecule has 0 spiro atoms. The second-order valence-corrected chi connectivity index (χ2v) is 13.1. The monoisotopic (exact) mass is 353 g/mol. The van der Waals surface area contributed by atoms with Crippen molar-refractivity contribution in [1.29, 1.82) is 0 Å². The summed E-state index contributed by atoms with van der Waals surface area (Å²) in [5.41, 5.74) is 2.66. The minimum Gasteiger partial charge on any atom is -0.466 e. The Kier molecular flexibility index (Phi) is 7.02. The summed E-state index contributed by atoms with van der Waals surface area (Å²) in [5, 5.41) is 0. The van der Waals surface area contributed by atoms with Gasteiger partial charge in [0.2, 0.25) is 0 Å². The average molecular weight is 354 g/mol. The minimum absolute atomic E-state index is 0.116. The lowest BCUT2D eigenvalue weighted by molar-refractivity contribution is -0.137. The van der Waals surface area contributed by atoms with E-state index in [2.05, 4.69) is 0 Å². The molecule has 0 unspecified atom stereocenters. The molecule has 3 aliphatic rings. The van der Waals surface area contributed by atoms with Gasteiger partial charge in [-0.3, -0.25) is 0 Å². The van der Waals surface area contributed by atoms with E-state index in [4.69, 9.17) is 4.74 Å². The molecule has 0 aromatic carbocycles. The Bertz CT molecular complexity index is 345. The predicted octanol–water partition coefficient (Wildman–Crippen LogP) is 6.18. The maximum atomic E-state index is 12.6. The van der Waals surface area contributed by atoms with Crippen molar-refractivity contribution in [3.05, 3.63) is 0 Å². The molecule has 0 atom stereocenters. The highest BCUT2D eigenvalue weighted by Gasteiger charge is 2.58. The van der Waals surface area contributed by atoms with Gasteiger partial charge in [-0.1, -0.05) is 19.3 Å². The molecule has 0 bridgehead atoms. The molecule has 3 saturated carbocycles. The SMILES string of the molecule is COC(=O)C[P+](C1CCCCC1)(C1CCCCC1)C1CCCCC1. The highest BCUT2D eigenvalue weighted by Crippen LogP contribution is 2.77. The van der Waals surface area contributed by atoms with E-state index in [9.17, 15) is 4.79 Å². The number of methoxy groups -OCH3 is 1. The van der Waals surface area contributed by atoms with Gasteiger partial charge in [0.25, 0.3) is 0 Å². The maximum absolute atomic E-state index is 12.6.